The number of hydrogen-bond donors (Lipinski definition) is 3. The normalized spacial score (nSPS) is 22.4. The van der Waals surface area contributed by atoms with Gasteiger partial charge in [0, 0.05) is 35.6 Å². The molecule has 1 aliphatic heterocycles. The van der Waals surface area contributed by atoms with Crippen molar-refractivity contribution in [2.75, 3.05) is 6.54 Å². The summed E-state index contributed by atoms with van der Waals surface area (Å²) in [4.78, 5) is 27.8. The third kappa shape index (κ3) is 2.04. The number of aromatic amines is 1. The molecule has 0 bridgehead atoms. The second-order valence-corrected chi connectivity index (χ2v) is 4.98. The number of carbonyl (C=O) groups is 2. The zero-order valence-electron chi connectivity index (χ0n) is 10.6. The van der Waals surface area contributed by atoms with Crippen molar-refractivity contribution in [3.05, 3.63) is 36.0 Å². The molecule has 1 aliphatic rings. The van der Waals surface area contributed by atoms with E-state index in [2.05, 4.69) is 4.98 Å². The van der Waals surface area contributed by atoms with Crippen LogP contribution >= 0.6 is 0 Å². The molecule has 1 aromatic carbocycles. The van der Waals surface area contributed by atoms with E-state index in [1.807, 2.05) is 6.07 Å². The van der Waals surface area contributed by atoms with Gasteiger partial charge in [-0.15, -0.1) is 0 Å². The maximum absolute atomic E-state index is 12.4. The number of aliphatic hydroxyl groups excluding tert-OH is 1. The van der Waals surface area contributed by atoms with E-state index >= 15 is 0 Å². The minimum Gasteiger partial charge on any atom is -0.480 e. The summed E-state index contributed by atoms with van der Waals surface area (Å²) in [6, 6.07) is 6.05. The number of aromatic nitrogens is 1. The molecule has 3 rings (SSSR count). The summed E-state index contributed by atoms with van der Waals surface area (Å²) in [5.74, 6) is -1.45. The van der Waals surface area contributed by atoms with Crippen molar-refractivity contribution in [3.8, 4) is 0 Å². The summed E-state index contributed by atoms with van der Waals surface area (Å²) in [6.45, 7) is 0.0565. The van der Waals surface area contributed by atoms with E-state index in [0.717, 1.165) is 10.9 Å². The van der Waals surface area contributed by atoms with Gasteiger partial charge in [0.15, 0.2) is 0 Å². The molecular weight excluding hydrogens is 260 g/mol. The number of H-pyrrole nitrogens is 1. The van der Waals surface area contributed by atoms with Crippen molar-refractivity contribution < 1.29 is 19.8 Å². The fraction of sp³-hybridized carbons (Fsp3) is 0.286. The molecule has 0 radical (unpaired) electrons. The van der Waals surface area contributed by atoms with E-state index in [1.54, 1.807) is 24.4 Å². The van der Waals surface area contributed by atoms with Gasteiger partial charge in [0.2, 0.25) is 0 Å². The van der Waals surface area contributed by atoms with Crippen molar-refractivity contribution in [3.63, 3.8) is 0 Å². The molecule has 2 atom stereocenters. The molecule has 0 spiro atoms. The van der Waals surface area contributed by atoms with Crippen LogP contribution in [0.3, 0.4) is 0 Å². The minimum absolute atomic E-state index is 0.0565. The topological polar surface area (TPSA) is 93.6 Å². The van der Waals surface area contributed by atoms with Crippen LogP contribution in [0.2, 0.25) is 0 Å². The van der Waals surface area contributed by atoms with E-state index in [9.17, 15) is 14.7 Å². The van der Waals surface area contributed by atoms with E-state index in [-0.39, 0.29) is 18.9 Å². The second-order valence-electron chi connectivity index (χ2n) is 4.98. The SMILES string of the molecule is O=C(O)[C@@H]1CC(O)CN1C(=O)c1ccc2[nH]ccc2c1. The molecule has 6 nitrogen and oxygen atoms in total. The predicted octanol–water partition coefficient (Wildman–Crippen LogP) is 0.828. The highest BCUT2D eigenvalue weighted by molar-refractivity contribution is 6.00. The Morgan fingerprint density at radius 2 is 2.10 bits per heavy atom. The van der Waals surface area contributed by atoms with Crippen molar-refractivity contribution in [2.45, 2.75) is 18.6 Å². The van der Waals surface area contributed by atoms with E-state index in [0.29, 0.717) is 5.56 Å². The highest BCUT2D eigenvalue weighted by Gasteiger charge is 2.39. The minimum atomic E-state index is -1.09. The molecule has 6 heteroatoms. The molecule has 1 aromatic heterocycles. The lowest BCUT2D eigenvalue weighted by Crippen LogP contribution is -2.40. The second kappa shape index (κ2) is 4.64. The highest BCUT2D eigenvalue weighted by atomic mass is 16.4. The monoisotopic (exact) mass is 274 g/mol. The highest BCUT2D eigenvalue weighted by Crippen LogP contribution is 2.22. The zero-order valence-corrected chi connectivity index (χ0v) is 10.6. The van der Waals surface area contributed by atoms with Gasteiger partial charge in [-0.25, -0.2) is 4.79 Å². The van der Waals surface area contributed by atoms with Crippen LogP contribution in [-0.2, 0) is 4.79 Å². The van der Waals surface area contributed by atoms with Gasteiger partial charge in [0.05, 0.1) is 6.10 Å². The van der Waals surface area contributed by atoms with Crippen molar-refractivity contribution in [1.29, 1.82) is 0 Å². The number of rotatable bonds is 2. The van der Waals surface area contributed by atoms with E-state index in [1.165, 1.54) is 4.90 Å². The molecule has 2 aromatic rings. The van der Waals surface area contributed by atoms with Crippen LogP contribution < -0.4 is 0 Å². The molecule has 0 saturated carbocycles. The lowest BCUT2D eigenvalue weighted by atomic mass is 10.1. The van der Waals surface area contributed by atoms with Crippen LogP contribution in [0.4, 0.5) is 0 Å². The van der Waals surface area contributed by atoms with Crippen LogP contribution in [0.1, 0.15) is 16.8 Å². The number of aliphatic hydroxyl groups is 1. The van der Waals surface area contributed by atoms with Gasteiger partial charge in [-0.05, 0) is 24.3 Å². The van der Waals surface area contributed by atoms with Gasteiger partial charge >= 0.3 is 5.97 Å². The number of carboxylic acids is 1. The largest absolute Gasteiger partial charge is 0.480 e. The number of nitrogens with zero attached hydrogens (tertiary/aromatic N) is 1. The number of nitrogens with one attached hydrogen (secondary N) is 1. The van der Waals surface area contributed by atoms with Gasteiger partial charge in [0.25, 0.3) is 5.91 Å². The van der Waals surface area contributed by atoms with Gasteiger partial charge in [-0.3, -0.25) is 4.79 Å². The van der Waals surface area contributed by atoms with Crippen LogP contribution in [0.25, 0.3) is 10.9 Å². The molecule has 1 fully saturated rings. The van der Waals surface area contributed by atoms with E-state index in [4.69, 9.17) is 5.11 Å². The maximum atomic E-state index is 12.4. The molecule has 1 amide bonds. The number of carbonyl (C=O) groups excluding carboxylic acids is 1. The van der Waals surface area contributed by atoms with Crippen molar-refractivity contribution >= 4 is 22.8 Å². The smallest absolute Gasteiger partial charge is 0.326 e. The number of likely N-dealkylation sites (tertiary alicyclic amines) is 1. The average molecular weight is 274 g/mol. The standard InChI is InChI=1S/C14H14N2O4/c17-10-6-12(14(19)20)16(7-10)13(18)9-1-2-11-8(5-9)3-4-15-11/h1-5,10,12,15,17H,6-7H2,(H,19,20)/t10?,12-/m0/s1. The molecule has 3 N–H and O–H groups in total. The first-order valence-electron chi connectivity index (χ1n) is 6.35. The Bertz CT molecular complexity index is 679. The summed E-state index contributed by atoms with van der Waals surface area (Å²) < 4.78 is 0. The number of hydrogen-bond acceptors (Lipinski definition) is 3. The van der Waals surface area contributed by atoms with Crippen molar-refractivity contribution in [1.82, 2.24) is 9.88 Å². The van der Waals surface area contributed by atoms with Crippen LogP contribution in [0.5, 0.6) is 0 Å². The molecule has 2 heterocycles. The number of fused-ring (bicyclic) bond motifs is 1. The lowest BCUT2D eigenvalue weighted by molar-refractivity contribution is -0.141. The molecule has 1 unspecified atom stereocenters. The van der Waals surface area contributed by atoms with Gasteiger partial charge in [-0.2, -0.15) is 0 Å². The molecular formula is C14H14N2O4. The molecule has 1 saturated heterocycles. The summed E-state index contributed by atoms with van der Waals surface area (Å²) in [5.41, 5.74) is 1.34. The predicted molar refractivity (Wildman–Crippen MR) is 71.4 cm³/mol. The Balaban J connectivity index is 1.92. The number of amides is 1. The first-order valence-corrected chi connectivity index (χ1v) is 6.35. The Labute approximate surface area is 114 Å². The molecule has 104 valence electrons. The molecule has 20 heavy (non-hydrogen) atoms. The molecule has 0 aliphatic carbocycles. The average Bonchev–Trinajstić information content (AvgIpc) is 3.02. The van der Waals surface area contributed by atoms with E-state index < -0.39 is 18.1 Å². The first kappa shape index (κ1) is 12.7. The third-order valence-electron chi connectivity index (χ3n) is 3.63. The number of carboxylic acid groups (broad SMARTS) is 1. The van der Waals surface area contributed by atoms with Crippen LogP contribution in [0.15, 0.2) is 30.5 Å². The summed E-state index contributed by atoms with van der Waals surface area (Å²) in [6.07, 6.45) is 1.07. The third-order valence-corrected chi connectivity index (χ3v) is 3.63. The number of β-amino-alcohol motifs (C(OH)–C–C–N with tert-alkyl or cyclic N) is 1. The van der Waals surface area contributed by atoms with Crippen LogP contribution in [-0.4, -0.2) is 50.7 Å². The Kier molecular flexibility index (Phi) is 2.94. The van der Waals surface area contributed by atoms with Gasteiger partial charge in [-0.1, -0.05) is 0 Å². The number of benzene rings is 1. The van der Waals surface area contributed by atoms with Crippen molar-refractivity contribution in [2.24, 2.45) is 0 Å². The Hall–Kier alpha value is -2.34. The quantitative estimate of drug-likeness (QED) is 0.756. The Morgan fingerprint density at radius 3 is 2.85 bits per heavy atom. The summed E-state index contributed by atoms with van der Waals surface area (Å²) >= 11 is 0. The zero-order chi connectivity index (χ0) is 14.3. The first-order chi connectivity index (χ1) is 9.56. The fourth-order valence-corrected chi connectivity index (χ4v) is 2.62. The lowest BCUT2D eigenvalue weighted by Gasteiger charge is -2.21. The Morgan fingerprint density at radius 1 is 1.30 bits per heavy atom. The number of aliphatic carboxylic acids is 1. The van der Waals surface area contributed by atoms with Gasteiger partial charge in [0.1, 0.15) is 6.04 Å². The van der Waals surface area contributed by atoms with Crippen LogP contribution in [0, 0.1) is 0 Å². The fourth-order valence-electron chi connectivity index (χ4n) is 2.62. The maximum Gasteiger partial charge on any atom is 0.326 e. The summed E-state index contributed by atoms with van der Waals surface area (Å²) in [7, 11) is 0. The van der Waals surface area contributed by atoms with Gasteiger partial charge < -0.3 is 20.1 Å². The summed E-state index contributed by atoms with van der Waals surface area (Å²) in [5, 5.41) is 19.6.